The standard InChI is InChI=1S/C11H11N5OS/c1-6-10(16-17-15-6)5-18-11-13-8-3-2-7(12)4-9(8)14-11/h2-4H,5,12H2,1H3,(H,13,14). The molecule has 0 saturated carbocycles. The number of imidazole rings is 1. The maximum Gasteiger partial charge on any atom is 0.166 e. The number of hydrogen-bond acceptors (Lipinski definition) is 6. The SMILES string of the molecule is Cc1nonc1CSc1nc2ccc(N)cc2[nH]1. The number of aromatic amines is 1. The summed E-state index contributed by atoms with van der Waals surface area (Å²) < 4.78 is 4.65. The number of hydrogen-bond donors (Lipinski definition) is 2. The second-order valence-corrected chi connectivity index (χ2v) is 4.87. The molecule has 3 N–H and O–H groups in total. The highest BCUT2D eigenvalue weighted by Gasteiger charge is 2.08. The fourth-order valence-electron chi connectivity index (χ4n) is 1.59. The van der Waals surface area contributed by atoms with Gasteiger partial charge >= 0.3 is 0 Å². The molecule has 1 aromatic carbocycles. The van der Waals surface area contributed by atoms with Gasteiger partial charge in [0, 0.05) is 11.4 Å². The highest BCUT2D eigenvalue weighted by molar-refractivity contribution is 7.98. The van der Waals surface area contributed by atoms with Crippen LogP contribution in [0.1, 0.15) is 11.4 Å². The van der Waals surface area contributed by atoms with E-state index in [4.69, 9.17) is 5.73 Å². The summed E-state index contributed by atoms with van der Waals surface area (Å²) in [5, 5.41) is 8.40. The molecule has 3 aromatic rings. The van der Waals surface area contributed by atoms with Crippen molar-refractivity contribution >= 4 is 28.5 Å². The van der Waals surface area contributed by atoms with E-state index in [1.165, 1.54) is 0 Å². The summed E-state index contributed by atoms with van der Waals surface area (Å²) in [5.74, 6) is 0.671. The van der Waals surface area contributed by atoms with Crippen molar-refractivity contribution in [3.8, 4) is 0 Å². The molecule has 0 aliphatic heterocycles. The van der Waals surface area contributed by atoms with Gasteiger partial charge in [-0.2, -0.15) is 0 Å². The van der Waals surface area contributed by atoms with Crippen molar-refractivity contribution in [1.82, 2.24) is 20.3 Å². The van der Waals surface area contributed by atoms with E-state index < -0.39 is 0 Å². The summed E-state index contributed by atoms with van der Waals surface area (Å²) >= 11 is 1.55. The van der Waals surface area contributed by atoms with E-state index in [1.54, 1.807) is 11.8 Å². The van der Waals surface area contributed by atoms with Crippen LogP contribution in [0, 0.1) is 6.92 Å². The number of benzene rings is 1. The van der Waals surface area contributed by atoms with E-state index in [1.807, 2.05) is 25.1 Å². The Hall–Kier alpha value is -2.02. The van der Waals surface area contributed by atoms with E-state index in [2.05, 4.69) is 24.9 Å². The molecule has 0 spiro atoms. The predicted octanol–water partition coefficient (Wildman–Crippen LogP) is 2.13. The summed E-state index contributed by atoms with van der Waals surface area (Å²) in [6.07, 6.45) is 0. The highest BCUT2D eigenvalue weighted by atomic mass is 32.2. The number of nitrogens with two attached hydrogens (primary N) is 1. The first-order chi connectivity index (χ1) is 8.72. The van der Waals surface area contributed by atoms with Crippen molar-refractivity contribution in [3.63, 3.8) is 0 Å². The third kappa shape index (κ3) is 2.04. The molecule has 3 rings (SSSR count). The number of thioether (sulfide) groups is 1. The number of H-pyrrole nitrogens is 1. The minimum atomic E-state index is 0.671. The zero-order chi connectivity index (χ0) is 12.5. The van der Waals surface area contributed by atoms with Crippen LogP contribution >= 0.6 is 11.8 Å². The van der Waals surface area contributed by atoms with Gasteiger partial charge in [0.2, 0.25) is 0 Å². The van der Waals surface area contributed by atoms with E-state index in [9.17, 15) is 0 Å². The molecule has 2 heterocycles. The first-order valence-corrected chi connectivity index (χ1v) is 6.37. The van der Waals surface area contributed by atoms with Crippen LogP contribution in [0.5, 0.6) is 0 Å². The Balaban J connectivity index is 1.81. The lowest BCUT2D eigenvalue weighted by molar-refractivity contribution is 0.302. The third-order valence-corrected chi connectivity index (χ3v) is 3.46. The molecule has 0 saturated heterocycles. The molecule has 2 aromatic heterocycles. The van der Waals surface area contributed by atoms with Gasteiger partial charge in [-0.05, 0) is 25.1 Å². The number of nitrogens with zero attached hydrogens (tertiary/aromatic N) is 3. The Kier molecular flexibility index (Phi) is 2.67. The zero-order valence-corrected chi connectivity index (χ0v) is 10.5. The van der Waals surface area contributed by atoms with E-state index >= 15 is 0 Å². The van der Waals surface area contributed by atoms with Gasteiger partial charge in [0.25, 0.3) is 0 Å². The molecule has 6 nitrogen and oxygen atoms in total. The predicted molar refractivity (Wildman–Crippen MR) is 69.1 cm³/mol. The normalized spacial score (nSPS) is 11.2. The van der Waals surface area contributed by atoms with Gasteiger partial charge in [-0.25, -0.2) is 9.61 Å². The number of anilines is 1. The summed E-state index contributed by atoms with van der Waals surface area (Å²) in [7, 11) is 0. The molecular weight excluding hydrogens is 250 g/mol. The molecule has 7 heteroatoms. The van der Waals surface area contributed by atoms with Crippen LogP contribution in [0.25, 0.3) is 11.0 Å². The smallest absolute Gasteiger partial charge is 0.166 e. The second kappa shape index (κ2) is 4.34. The molecule has 92 valence electrons. The van der Waals surface area contributed by atoms with Gasteiger partial charge in [-0.15, -0.1) is 0 Å². The van der Waals surface area contributed by atoms with Crippen molar-refractivity contribution in [3.05, 3.63) is 29.6 Å². The van der Waals surface area contributed by atoms with E-state index in [0.29, 0.717) is 5.75 Å². The quantitative estimate of drug-likeness (QED) is 0.554. The average molecular weight is 261 g/mol. The van der Waals surface area contributed by atoms with Crippen molar-refractivity contribution in [2.75, 3.05) is 5.73 Å². The topological polar surface area (TPSA) is 93.6 Å². The summed E-state index contributed by atoms with van der Waals surface area (Å²) in [4.78, 5) is 7.67. The molecule has 18 heavy (non-hydrogen) atoms. The fraction of sp³-hybridized carbons (Fsp3) is 0.182. The molecule has 0 aliphatic carbocycles. The first kappa shape index (κ1) is 11.1. The van der Waals surface area contributed by atoms with Crippen LogP contribution < -0.4 is 5.73 Å². The fourth-order valence-corrected chi connectivity index (χ4v) is 2.47. The van der Waals surface area contributed by atoms with Gasteiger partial charge in [0.1, 0.15) is 11.4 Å². The lowest BCUT2D eigenvalue weighted by Crippen LogP contribution is -1.85. The van der Waals surface area contributed by atoms with Crippen LogP contribution in [0.4, 0.5) is 5.69 Å². The number of rotatable bonds is 3. The van der Waals surface area contributed by atoms with E-state index in [0.717, 1.165) is 33.3 Å². The second-order valence-electron chi connectivity index (χ2n) is 3.90. The Labute approximate surface area is 107 Å². The molecule has 0 bridgehead atoms. The monoisotopic (exact) mass is 261 g/mol. The highest BCUT2D eigenvalue weighted by Crippen LogP contribution is 2.24. The van der Waals surface area contributed by atoms with Gasteiger partial charge in [-0.3, -0.25) is 0 Å². The largest absolute Gasteiger partial charge is 0.399 e. The van der Waals surface area contributed by atoms with Gasteiger partial charge < -0.3 is 10.7 Å². The molecule has 0 radical (unpaired) electrons. The summed E-state index contributed by atoms with van der Waals surface area (Å²) in [6.45, 7) is 1.87. The molecule has 0 atom stereocenters. The van der Waals surface area contributed by atoms with Crippen molar-refractivity contribution < 1.29 is 4.63 Å². The number of aryl methyl sites for hydroxylation is 1. The third-order valence-electron chi connectivity index (χ3n) is 2.58. The molecule has 0 fully saturated rings. The lowest BCUT2D eigenvalue weighted by atomic mass is 10.3. The molecule has 0 aliphatic rings. The molecule has 0 unspecified atom stereocenters. The van der Waals surface area contributed by atoms with Crippen molar-refractivity contribution in [2.24, 2.45) is 0 Å². The van der Waals surface area contributed by atoms with Crippen LogP contribution in [0.3, 0.4) is 0 Å². The first-order valence-electron chi connectivity index (χ1n) is 5.38. The number of nitrogens with one attached hydrogen (secondary N) is 1. The Morgan fingerprint density at radius 1 is 1.39 bits per heavy atom. The van der Waals surface area contributed by atoms with Gasteiger partial charge in [0.15, 0.2) is 5.16 Å². The summed E-state index contributed by atoms with van der Waals surface area (Å²) in [6, 6.07) is 5.60. The maximum absolute atomic E-state index is 5.72. The lowest BCUT2D eigenvalue weighted by Gasteiger charge is -1.92. The molecule has 0 amide bonds. The maximum atomic E-state index is 5.72. The minimum absolute atomic E-state index is 0.671. The van der Waals surface area contributed by atoms with Crippen LogP contribution in [0.2, 0.25) is 0 Å². The average Bonchev–Trinajstić information content (AvgIpc) is 2.92. The van der Waals surface area contributed by atoms with Crippen LogP contribution in [-0.2, 0) is 5.75 Å². The van der Waals surface area contributed by atoms with Gasteiger partial charge in [0.05, 0.1) is 11.0 Å². The summed E-state index contributed by atoms with van der Waals surface area (Å²) in [5.41, 5.74) is 9.92. The Bertz CT molecular complexity index is 690. The Morgan fingerprint density at radius 3 is 3.06 bits per heavy atom. The molecular formula is C11H11N5OS. The van der Waals surface area contributed by atoms with Crippen LogP contribution in [-0.4, -0.2) is 20.3 Å². The zero-order valence-electron chi connectivity index (χ0n) is 9.67. The van der Waals surface area contributed by atoms with E-state index in [-0.39, 0.29) is 0 Å². The number of aromatic nitrogens is 4. The number of fused-ring (bicyclic) bond motifs is 1. The Morgan fingerprint density at radius 2 is 2.28 bits per heavy atom. The van der Waals surface area contributed by atoms with Gasteiger partial charge in [-0.1, -0.05) is 22.1 Å². The number of nitrogen functional groups attached to an aromatic ring is 1. The van der Waals surface area contributed by atoms with Crippen molar-refractivity contribution in [2.45, 2.75) is 17.8 Å². The van der Waals surface area contributed by atoms with Crippen molar-refractivity contribution in [1.29, 1.82) is 0 Å². The van der Waals surface area contributed by atoms with Crippen LogP contribution in [0.15, 0.2) is 28.0 Å². The minimum Gasteiger partial charge on any atom is -0.399 e.